The average Bonchev–Trinajstić information content (AvgIpc) is 3.01. The third-order valence-corrected chi connectivity index (χ3v) is 5.60. The van der Waals surface area contributed by atoms with Gasteiger partial charge in [0.1, 0.15) is 6.10 Å². The van der Waals surface area contributed by atoms with Crippen molar-refractivity contribution in [2.45, 2.75) is 70.2 Å². The number of benzene rings is 1. The molecule has 1 heterocycles. The van der Waals surface area contributed by atoms with Crippen LogP contribution in [0.4, 0.5) is 4.79 Å². The lowest BCUT2D eigenvalue weighted by Crippen LogP contribution is -2.41. The Morgan fingerprint density at radius 2 is 1.71 bits per heavy atom. The minimum Gasteiger partial charge on any atom is -0.446 e. The summed E-state index contributed by atoms with van der Waals surface area (Å²) in [7, 11) is -0.335. The highest BCUT2D eigenvalue weighted by Crippen LogP contribution is 2.37. The normalized spacial score (nSPS) is 28.1. The van der Waals surface area contributed by atoms with E-state index in [-0.39, 0.29) is 24.4 Å². The Morgan fingerprint density at radius 3 is 2.25 bits per heavy atom. The van der Waals surface area contributed by atoms with Gasteiger partial charge < -0.3 is 19.8 Å². The van der Waals surface area contributed by atoms with Crippen molar-refractivity contribution in [3.05, 3.63) is 29.8 Å². The summed E-state index contributed by atoms with van der Waals surface area (Å²) in [4.78, 5) is 10.9. The lowest BCUT2D eigenvalue weighted by Gasteiger charge is -2.32. The molecular formula is C18H26BNO4. The molecule has 2 atom stereocenters. The Hall–Kier alpha value is -1.53. The Labute approximate surface area is 144 Å². The van der Waals surface area contributed by atoms with Gasteiger partial charge in [-0.25, -0.2) is 4.79 Å². The molecular weight excluding hydrogens is 305 g/mol. The fraction of sp³-hybridized carbons (Fsp3) is 0.611. The van der Waals surface area contributed by atoms with Gasteiger partial charge in [0.15, 0.2) is 0 Å². The predicted octanol–water partition coefficient (Wildman–Crippen LogP) is 2.72. The highest BCUT2D eigenvalue weighted by molar-refractivity contribution is 6.62. The molecule has 0 aromatic heterocycles. The van der Waals surface area contributed by atoms with Gasteiger partial charge in [0, 0.05) is 0 Å². The topological polar surface area (TPSA) is 70.8 Å². The van der Waals surface area contributed by atoms with E-state index in [4.69, 9.17) is 19.8 Å². The van der Waals surface area contributed by atoms with Crippen molar-refractivity contribution in [2.24, 2.45) is 5.73 Å². The summed E-state index contributed by atoms with van der Waals surface area (Å²) >= 11 is 0. The Balaban J connectivity index is 1.66. The molecule has 0 spiro atoms. The lowest BCUT2D eigenvalue weighted by atomic mass is 9.78. The van der Waals surface area contributed by atoms with E-state index in [9.17, 15) is 4.79 Å². The molecule has 2 fully saturated rings. The van der Waals surface area contributed by atoms with E-state index >= 15 is 0 Å². The SMILES string of the molecule is CC1(C)OB(c2ccc(C3CCC(OC(N)=O)C3)cc2)OC1(C)C. The van der Waals surface area contributed by atoms with Crippen molar-refractivity contribution in [1.29, 1.82) is 0 Å². The highest BCUT2D eigenvalue weighted by Gasteiger charge is 2.51. The number of carbonyl (C=O) groups excluding carboxylic acids is 1. The smallest absolute Gasteiger partial charge is 0.446 e. The van der Waals surface area contributed by atoms with Crippen LogP contribution in [0.3, 0.4) is 0 Å². The predicted molar refractivity (Wildman–Crippen MR) is 93.2 cm³/mol. The molecule has 1 saturated carbocycles. The minimum absolute atomic E-state index is 0.0599. The van der Waals surface area contributed by atoms with Gasteiger partial charge in [0.2, 0.25) is 0 Å². The van der Waals surface area contributed by atoms with Crippen molar-refractivity contribution in [3.8, 4) is 0 Å². The molecule has 1 aliphatic heterocycles. The molecule has 1 aromatic rings. The first-order valence-electron chi connectivity index (χ1n) is 8.59. The van der Waals surface area contributed by atoms with E-state index in [0.29, 0.717) is 5.92 Å². The number of ether oxygens (including phenoxy) is 1. The largest absolute Gasteiger partial charge is 0.494 e. The third-order valence-electron chi connectivity index (χ3n) is 5.60. The average molecular weight is 331 g/mol. The highest BCUT2D eigenvalue weighted by atomic mass is 16.7. The van der Waals surface area contributed by atoms with E-state index in [1.807, 2.05) is 0 Å². The maximum atomic E-state index is 10.9. The summed E-state index contributed by atoms with van der Waals surface area (Å²) in [6, 6.07) is 8.38. The fourth-order valence-electron chi connectivity index (χ4n) is 3.42. The molecule has 24 heavy (non-hydrogen) atoms. The van der Waals surface area contributed by atoms with E-state index in [1.54, 1.807) is 0 Å². The zero-order valence-corrected chi connectivity index (χ0v) is 14.9. The Bertz CT molecular complexity index is 598. The first kappa shape index (κ1) is 17.3. The molecule has 1 aromatic carbocycles. The van der Waals surface area contributed by atoms with Crippen molar-refractivity contribution < 1.29 is 18.8 Å². The van der Waals surface area contributed by atoms with Crippen molar-refractivity contribution >= 4 is 18.7 Å². The van der Waals surface area contributed by atoms with Gasteiger partial charge in [-0.15, -0.1) is 0 Å². The van der Waals surface area contributed by atoms with Gasteiger partial charge in [-0.05, 0) is 63.9 Å². The first-order chi connectivity index (χ1) is 11.2. The Morgan fingerprint density at radius 1 is 1.12 bits per heavy atom. The molecule has 2 N–H and O–H groups in total. The van der Waals surface area contributed by atoms with Gasteiger partial charge in [-0.3, -0.25) is 0 Å². The quantitative estimate of drug-likeness (QED) is 0.865. The summed E-state index contributed by atoms with van der Waals surface area (Å²) in [6.45, 7) is 8.22. The van der Waals surface area contributed by atoms with Crippen LogP contribution in [0.5, 0.6) is 0 Å². The number of nitrogens with two attached hydrogens (primary N) is 1. The summed E-state index contributed by atoms with van der Waals surface area (Å²) in [6.07, 6.45) is 1.96. The second-order valence-electron chi connectivity index (χ2n) is 7.82. The molecule has 3 rings (SSSR count). The van der Waals surface area contributed by atoms with Gasteiger partial charge in [-0.2, -0.15) is 0 Å². The number of carbonyl (C=O) groups is 1. The second kappa shape index (κ2) is 6.08. The van der Waals surface area contributed by atoms with Crippen LogP contribution in [0.25, 0.3) is 0 Å². The zero-order valence-electron chi connectivity index (χ0n) is 14.9. The number of amides is 1. The monoisotopic (exact) mass is 331 g/mol. The van der Waals surface area contributed by atoms with E-state index in [2.05, 4.69) is 52.0 Å². The van der Waals surface area contributed by atoms with Crippen molar-refractivity contribution in [3.63, 3.8) is 0 Å². The number of primary amides is 1. The van der Waals surface area contributed by atoms with Crippen LogP contribution in [-0.2, 0) is 14.0 Å². The standard InChI is InChI=1S/C18H26BNO4/c1-17(2)18(3,4)24-19(23-17)14-8-5-12(6-9-14)13-7-10-15(11-13)22-16(20)21/h5-6,8-9,13,15H,7,10-11H2,1-4H3,(H2,20,21). The van der Waals surface area contributed by atoms with Gasteiger partial charge >= 0.3 is 13.2 Å². The molecule has 2 unspecified atom stereocenters. The van der Waals surface area contributed by atoms with Crippen LogP contribution < -0.4 is 11.2 Å². The molecule has 6 heteroatoms. The van der Waals surface area contributed by atoms with Crippen LogP contribution in [0, 0.1) is 0 Å². The molecule has 5 nitrogen and oxygen atoms in total. The van der Waals surface area contributed by atoms with Gasteiger partial charge in [0.25, 0.3) is 0 Å². The maximum absolute atomic E-state index is 10.9. The van der Waals surface area contributed by atoms with Crippen LogP contribution in [-0.4, -0.2) is 30.5 Å². The zero-order chi connectivity index (χ0) is 17.5. The van der Waals surface area contributed by atoms with E-state index < -0.39 is 6.09 Å². The van der Waals surface area contributed by atoms with Gasteiger partial charge in [0.05, 0.1) is 11.2 Å². The third kappa shape index (κ3) is 3.30. The fourth-order valence-corrected chi connectivity index (χ4v) is 3.42. The number of rotatable bonds is 3. The van der Waals surface area contributed by atoms with Crippen LogP contribution >= 0.6 is 0 Å². The van der Waals surface area contributed by atoms with Crippen LogP contribution in [0.2, 0.25) is 0 Å². The second-order valence-corrected chi connectivity index (χ2v) is 7.82. The molecule has 1 amide bonds. The Kier molecular flexibility index (Phi) is 4.38. The summed E-state index contributed by atoms with van der Waals surface area (Å²) in [5.74, 6) is 0.404. The summed E-state index contributed by atoms with van der Waals surface area (Å²) in [5.41, 5.74) is 6.72. The maximum Gasteiger partial charge on any atom is 0.494 e. The van der Waals surface area contributed by atoms with E-state index in [1.165, 1.54) is 5.56 Å². The molecule has 1 aliphatic carbocycles. The number of hydrogen-bond acceptors (Lipinski definition) is 4. The first-order valence-corrected chi connectivity index (χ1v) is 8.59. The summed E-state index contributed by atoms with van der Waals surface area (Å²) in [5, 5.41) is 0. The molecule has 2 aliphatic rings. The van der Waals surface area contributed by atoms with E-state index in [0.717, 1.165) is 24.7 Å². The summed E-state index contributed by atoms with van der Waals surface area (Å²) < 4.78 is 17.3. The molecule has 0 radical (unpaired) electrons. The van der Waals surface area contributed by atoms with Crippen molar-refractivity contribution in [1.82, 2.24) is 0 Å². The molecule has 130 valence electrons. The van der Waals surface area contributed by atoms with Crippen LogP contribution in [0.15, 0.2) is 24.3 Å². The number of hydrogen-bond donors (Lipinski definition) is 1. The molecule has 1 saturated heterocycles. The van der Waals surface area contributed by atoms with Gasteiger partial charge in [-0.1, -0.05) is 24.3 Å². The lowest BCUT2D eigenvalue weighted by molar-refractivity contribution is 0.00578. The molecule has 0 bridgehead atoms. The van der Waals surface area contributed by atoms with Crippen LogP contribution in [0.1, 0.15) is 58.4 Å². The van der Waals surface area contributed by atoms with Crippen molar-refractivity contribution in [2.75, 3.05) is 0 Å². The minimum atomic E-state index is -0.684.